The number of nitrogens with zero attached hydrogens (tertiary/aromatic N) is 1. The topological polar surface area (TPSA) is 3.24 Å². The summed E-state index contributed by atoms with van der Waals surface area (Å²) < 4.78 is 0. The lowest BCUT2D eigenvalue weighted by Crippen LogP contribution is -2.11. The standard InChI is InChI=1S/C12H19N/c1-8-7-12(13(5)6)11(4)10(3)9(8)2/h7H,1-6H3. The second-order valence-corrected chi connectivity index (χ2v) is 3.98. The predicted molar refractivity (Wildman–Crippen MR) is 59.7 cm³/mol. The SMILES string of the molecule is Cc1cc(N(C)C)c(C)c(C)c1C. The van der Waals surface area contributed by atoms with Crippen LogP contribution < -0.4 is 4.90 Å². The molecule has 0 aromatic heterocycles. The van der Waals surface area contributed by atoms with E-state index in [4.69, 9.17) is 0 Å². The molecule has 0 saturated heterocycles. The summed E-state index contributed by atoms with van der Waals surface area (Å²) in [5.74, 6) is 0. The molecule has 0 spiro atoms. The number of anilines is 1. The molecule has 0 fully saturated rings. The van der Waals surface area contributed by atoms with Crippen LogP contribution in [0.15, 0.2) is 6.07 Å². The zero-order valence-corrected chi connectivity index (χ0v) is 9.52. The van der Waals surface area contributed by atoms with Crippen molar-refractivity contribution in [3.05, 3.63) is 28.3 Å². The van der Waals surface area contributed by atoms with Gasteiger partial charge in [0.25, 0.3) is 0 Å². The first kappa shape index (κ1) is 10.1. The molecule has 0 saturated carbocycles. The smallest absolute Gasteiger partial charge is 0.0396 e. The van der Waals surface area contributed by atoms with Gasteiger partial charge in [-0.15, -0.1) is 0 Å². The van der Waals surface area contributed by atoms with E-state index in [-0.39, 0.29) is 0 Å². The molecule has 72 valence electrons. The van der Waals surface area contributed by atoms with Gasteiger partial charge in [0.1, 0.15) is 0 Å². The van der Waals surface area contributed by atoms with Gasteiger partial charge in [0.2, 0.25) is 0 Å². The molecule has 0 aliphatic rings. The number of hydrogen-bond acceptors (Lipinski definition) is 1. The summed E-state index contributed by atoms with van der Waals surface area (Å²) >= 11 is 0. The van der Waals surface area contributed by atoms with Gasteiger partial charge in [0.05, 0.1) is 0 Å². The molecule has 0 N–H and O–H groups in total. The van der Waals surface area contributed by atoms with Crippen molar-refractivity contribution in [1.82, 2.24) is 0 Å². The Hall–Kier alpha value is -0.980. The monoisotopic (exact) mass is 177 g/mol. The van der Waals surface area contributed by atoms with Crippen molar-refractivity contribution >= 4 is 5.69 Å². The molecular formula is C12H19N. The summed E-state index contributed by atoms with van der Waals surface area (Å²) in [7, 11) is 4.19. The van der Waals surface area contributed by atoms with E-state index in [0.29, 0.717) is 0 Å². The van der Waals surface area contributed by atoms with Gasteiger partial charge in [-0.25, -0.2) is 0 Å². The van der Waals surface area contributed by atoms with Crippen LogP contribution in [-0.4, -0.2) is 14.1 Å². The molecule has 1 aromatic carbocycles. The van der Waals surface area contributed by atoms with E-state index in [1.807, 2.05) is 0 Å². The lowest BCUT2D eigenvalue weighted by atomic mass is 9.97. The van der Waals surface area contributed by atoms with Gasteiger partial charge < -0.3 is 4.90 Å². The fourth-order valence-corrected chi connectivity index (χ4v) is 1.66. The first-order chi connectivity index (χ1) is 5.95. The minimum atomic E-state index is 1.33. The van der Waals surface area contributed by atoms with Gasteiger partial charge >= 0.3 is 0 Å². The molecule has 1 heteroatoms. The Balaban J connectivity index is 3.41. The molecule has 0 radical (unpaired) electrons. The zero-order chi connectivity index (χ0) is 10.2. The molecule has 0 atom stereocenters. The summed E-state index contributed by atoms with van der Waals surface area (Å²) in [4.78, 5) is 2.18. The van der Waals surface area contributed by atoms with Crippen LogP contribution in [0.1, 0.15) is 22.3 Å². The van der Waals surface area contributed by atoms with E-state index >= 15 is 0 Å². The second-order valence-electron chi connectivity index (χ2n) is 3.98. The molecule has 0 aliphatic carbocycles. The molecule has 1 rings (SSSR count). The molecule has 1 nitrogen and oxygen atoms in total. The maximum atomic E-state index is 2.26. The zero-order valence-electron chi connectivity index (χ0n) is 9.52. The largest absolute Gasteiger partial charge is 0.377 e. The van der Waals surface area contributed by atoms with Crippen molar-refractivity contribution in [2.75, 3.05) is 19.0 Å². The Morgan fingerprint density at radius 2 is 1.38 bits per heavy atom. The third-order valence-corrected chi connectivity index (χ3v) is 2.94. The summed E-state index contributed by atoms with van der Waals surface area (Å²) in [5, 5.41) is 0. The van der Waals surface area contributed by atoms with Crippen molar-refractivity contribution in [3.63, 3.8) is 0 Å². The predicted octanol–water partition coefficient (Wildman–Crippen LogP) is 2.99. The van der Waals surface area contributed by atoms with Gasteiger partial charge in [-0.3, -0.25) is 0 Å². The molecule has 0 bridgehead atoms. The Morgan fingerprint density at radius 1 is 0.846 bits per heavy atom. The van der Waals surface area contributed by atoms with E-state index in [1.165, 1.54) is 27.9 Å². The number of hydrogen-bond donors (Lipinski definition) is 0. The highest BCUT2D eigenvalue weighted by atomic mass is 15.1. The minimum absolute atomic E-state index is 1.33. The van der Waals surface area contributed by atoms with Gasteiger partial charge in [-0.1, -0.05) is 0 Å². The van der Waals surface area contributed by atoms with Crippen molar-refractivity contribution in [3.8, 4) is 0 Å². The van der Waals surface area contributed by atoms with Crippen LogP contribution in [0.25, 0.3) is 0 Å². The number of benzene rings is 1. The van der Waals surface area contributed by atoms with Crippen LogP contribution in [0, 0.1) is 27.7 Å². The molecule has 1 aromatic rings. The van der Waals surface area contributed by atoms with Crippen molar-refractivity contribution in [2.24, 2.45) is 0 Å². The fraction of sp³-hybridized carbons (Fsp3) is 0.500. The maximum absolute atomic E-state index is 2.26. The van der Waals surface area contributed by atoms with Crippen LogP contribution in [0.3, 0.4) is 0 Å². The Bertz CT molecular complexity index is 324. The van der Waals surface area contributed by atoms with E-state index in [2.05, 4.69) is 52.8 Å². The van der Waals surface area contributed by atoms with Crippen molar-refractivity contribution < 1.29 is 0 Å². The molecular weight excluding hydrogens is 158 g/mol. The van der Waals surface area contributed by atoms with Crippen LogP contribution in [0.2, 0.25) is 0 Å². The summed E-state index contributed by atoms with van der Waals surface area (Å²) in [6.07, 6.45) is 0. The summed E-state index contributed by atoms with van der Waals surface area (Å²) in [5.41, 5.74) is 6.95. The Kier molecular flexibility index (Phi) is 2.65. The lowest BCUT2D eigenvalue weighted by Gasteiger charge is -2.20. The molecule has 0 heterocycles. The van der Waals surface area contributed by atoms with Crippen molar-refractivity contribution in [2.45, 2.75) is 27.7 Å². The lowest BCUT2D eigenvalue weighted by molar-refractivity contribution is 1.09. The number of rotatable bonds is 1. The highest BCUT2D eigenvalue weighted by Crippen LogP contribution is 2.26. The summed E-state index contributed by atoms with van der Waals surface area (Å²) in [6.45, 7) is 8.76. The second kappa shape index (κ2) is 3.41. The quantitative estimate of drug-likeness (QED) is 0.637. The maximum Gasteiger partial charge on any atom is 0.0396 e. The Labute approximate surface area is 81.4 Å². The fourth-order valence-electron chi connectivity index (χ4n) is 1.66. The molecule has 0 aliphatic heterocycles. The van der Waals surface area contributed by atoms with Gasteiger partial charge in [-0.05, 0) is 56.0 Å². The highest BCUT2D eigenvalue weighted by molar-refractivity contribution is 5.59. The van der Waals surface area contributed by atoms with Crippen LogP contribution in [0.5, 0.6) is 0 Å². The molecule has 13 heavy (non-hydrogen) atoms. The first-order valence-electron chi connectivity index (χ1n) is 4.70. The Morgan fingerprint density at radius 3 is 1.85 bits per heavy atom. The van der Waals surface area contributed by atoms with Gasteiger partial charge in [-0.2, -0.15) is 0 Å². The average molecular weight is 177 g/mol. The normalized spacial score (nSPS) is 10.3. The average Bonchev–Trinajstić information content (AvgIpc) is 2.07. The van der Waals surface area contributed by atoms with E-state index < -0.39 is 0 Å². The summed E-state index contributed by atoms with van der Waals surface area (Å²) in [6, 6.07) is 2.26. The van der Waals surface area contributed by atoms with Gasteiger partial charge in [0.15, 0.2) is 0 Å². The highest BCUT2D eigenvalue weighted by Gasteiger charge is 2.07. The van der Waals surface area contributed by atoms with Crippen LogP contribution in [-0.2, 0) is 0 Å². The third kappa shape index (κ3) is 1.69. The number of aryl methyl sites for hydroxylation is 1. The van der Waals surface area contributed by atoms with Crippen molar-refractivity contribution in [1.29, 1.82) is 0 Å². The molecule has 0 unspecified atom stereocenters. The van der Waals surface area contributed by atoms with E-state index in [9.17, 15) is 0 Å². The minimum Gasteiger partial charge on any atom is -0.377 e. The van der Waals surface area contributed by atoms with E-state index in [1.54, 1.807) is 0 Å². The van der Waals surface area contributed by atoms with E-state index in [0.717, 1.165) is 0 Å². The van der Waals surface area contributed by atoms with Gasteiger partial charge in [0, 0.05) is 19.8 Å². The van der Waals surface area contributed by atoms with Crippen LogP contribution >= 0.6 is 0 Å². The third-order valence-electron chi connectivity index (χ3n) is 2.94. The van der Waals surface area contributed by atoms with Crippen LogP contribution in [0.4, 0.5) is 5.69 Å². The molecule has 0 amide bonds. The first-order valence-corrected chi connectivity index (χ1v) is 4.70.